The summed E-state index contributed by atoms with van der Waals surface area (Å²) in [5.41, 5.74) is 1.03. The molecule has 92 valence electrons. The van der Waals surface area contributed by atoms with E-state index in [4.69, 9.17) is 4.42 Å². The van der Waals surface area contributed by atoms with Gasteiger partial charge in [0.05, 0.1) is 18.8 Å². The van der Waals surface area contributed by atoms with Crippen LogP contribution in [0.5, 0.6) is 0 Å². The number of furan rings is 1. The van der Waals surface area contributed by atoms with Crippen LogP contribution in [0.2, 0.25) is 0 Å². The average molecular weight is 233 g/mol. The topological polar surface area (TPSA) is 43.0 Å². The fourth-order valence-corrected chi connectivity index (χ4v) is 1.62. The fraction of sp³-hybridized carbons (Fsp3) is 0.462. The monoisotopic (exact) mass is 233 g/mol. The first-order valence-electron chi connectivity index (χ1n) is 5.94. The third kappa shape index (κ3) is 3.46. The molecule has 0 aliphatic carbocycles. The Labute approximate surface area is 102 Å². The van der Waals surface area contributed by atoms with Crippen molar-refractivity contribution in [2.24, 2.45) is 0 Å². The molecule has 0 bridgehead atoms. The molecule has 0 unspecified atom stereocenters. The van der Waals surface area contributed by atoms with Crippen LogP contribution in [0, 0.1) is 6.92 Å². The van der Waals surface area contributed by atoms with Crippen LogP contribution in [0.25, 0.3) is 0 Å². The summed E-state index contributed by atoms with van der Waals surface area (Å²) in [6.45, 7) is 7.69. The van der Waals surface area contributed by atoms with E-state index in [0.29, 0.717) is 12.6 Å². The van der Waals surface area contributed by atoms with Crippen molar-refractivity contribution in [3.63, 3.8) is 0 Å². The van der Waals surface area contributed by atoms with E-state index in [1.165, 1.54) is 0 Å². The van der Waals surface area contributed by atoms with Gasteiger partial charge in [0.25, 0.3) is 0 Å². The third-order valence-electron chi connectivity index (χ3n) is 2.49. The fourth-order valence-electron chi connectivity index (χ4n) is 1.62. The van der Waals surface area contributed by atoms with Crippen LogP contribution < -0.4 is 5.32 Å². The first kappa shape index (κ1) is 11.9. The van der Waals surface area contributed by atoms with Crippen molar-refractivity contribution in [1.29, 1.82) is 0 Å². The van der Waals surface area contributed by atoms with Crippen molar-refractivity contribution in [2.45, 2.75) is 39.9 Å². The summed E-state index contributed by atoms with van der Waals surface area (Å²) >= 11 is 0. The zero-order chi connectivity index (χ0) is 12.3. The third-order valence-corrected chi connectivity index (χ3v) is 2.49. The second-order valence-electron chi connectivity index (χ2n) is 4.56. The van der Waals surface area contributed by atoms with Crippen LogP contribution in [-0.2, 0) is 13.1 Å². The molecule has 4 heteroatoms. The van der Waals surface area contributed by atoms with Gasteiger partial charge in [-0.2, -0.15) is 5.10 Å². The smallest absolute Gasteiger partial charge is 0.125 e. The molecule has 0 saturated carbocycles. The molecule has 0 radical (unpaired) electrons. The average Bonchev–Trinajstić information content (AvgIpc) is 2.86. The molecule has 2 aromatic rings. The minimum Gasteiger partial charge on any atom is -0.463 e. The normalized spacial score (nSPS) is 11.3. The summed E-state index contributed by atoms with van der Waals surface area (Å²) in [6.07, 6.45) is 1.96. The van der Waals surface area contributed by atoms with Crippen LogP contribution in [0.3, 0.4) is 0 Å². The Bertz CT molecular complexity index is 470. The Morgan fingerprint density at radius 3 is 2.71 bits per heavy atom. The SMILES string of the molecule is Cc1ccn(Cc2ccc(CNC(C)C)o2)n1. The minimum absolute atomic E-state index is 0.470. The van der Waals surface area contributed by atoms with Gasteiger partial charge in [0.2, 0.25) is 0 Å². The molecule has 2 heterocycles. The van der Waals surface area contributed by atoms with Crippen molar-refractivity contribution in [3.8, 4) is 0 Å². The van der Waals surface area contributed by atoms with Crippen LogP contribution in [0.4, 0.5) is 0 Å². The van der Waals surface area contributed by atoms with Crippen molar-refractivity contribution in [1.82, 2.24) is 15.1 Å². The molecule has 17 heavy (non-hydrogen) atoms. The van der Waals surface area contributed by atoms with Gasteiger partial charge >= 0.3 is 0 Å². The molecule has 0 saturated heterocycles. The van der Waals surface area contributed by atoms with Gasteiger partial charge in [-0.25, -0.2) is 0 Å². The summed E-state index contributed by atoms with van der Waals surface area (Å²) in [6, 6.07) is 6.48. The lowest BCUT2D eigenvalue weighted by Gasteiger charge is -2.05. The molecule has 0 atom stereocenters. The van der Waals surface area contributed by atoms with Gasteiger partial charge in [-0.3, -0.25) is 4.68 Å². The number of nitrogens with one attached hydrogen (secondary N) is 1. The Hall–Kier alpha value is -1.55. The second kappa shape index (κ2) is 5.19. The molecule has 0 fully saturated rings. The van der Waals surface area contributed by atoms with E-state index < -0.39 is 0 Å². The first-order chi connectivity index (χ1) is 8.13. The predicted molar refractivity (Wildman–Crippen MR) is 66.7 cm³/mol. The molecule has 2 aromatic heterocycles. The highest BCUT2D eigenvalue weighted by molar-refractivity contribution is 5.08. The summed E-state index contributed by atoms with van der Waals surface area (Å²) in [4.78, 5) is 0. The number of nitrogens with zero attached hydrogens (tertiary/aromatic N) is 2. The lowest BCUT2D eigenvalue weighted by atomic mass is 10.3. The summed E-state index contributed by atoms with van der Waals surface area (Å²) < 4.78 is 7.61. The summed E-state index contributed by atoms with van der Waals surface area (Å²) in [5.74, 6) is 1.91. The second-order valence-corrected chi connectivity index (χ2v) is 4.56. The Kier molecular flexibility index (Phi) is 3.64. The molecule has 2 rings (SSSR count). The van der Waals surface area contributed by atoms with Crippen LogP contribution in [0.1, 0.15) is 31.1 Å². The zero-order valence-electron chi connectivity index (χ0n) is 10.6. The number of rotatable bonds is 5. The Morgan fingerprint density at radius 2 is 2.06 bits per heavy atom. The number of hydrogen-bond acceptors (Lipinski definition) is 3. The zero-order valence-corrected chi connectivity index (χ0v) is 10.6. The van der Waals surface area contributed by atoms with Crippen molar-refractivity contribution < 1.29 is 4.42 Å². The maximum Gasteiger partial charge on any atom is 0.125 e. The maximum absolute atomic E-state index is 5.72. The van der Waals surface area contributed by atoms with Crippen LogP contribution in [-0.4, -0.2) is 15.8 Å². The number of hydrogen-bond donors (Lipinski definition) is 1. The molecule has 0 aromatic carbocycles. The lowest BCUT2D eigenvalue weighted by Crippen LogP contribution is -2.21. The molecule has 0 amide bonds. The van der Waals surface area contributed by atoms with Gasteiger partial charge in [0.15, 0.2) is 0 Å². The largest absolute Gasteiger partial charge is 0.463 e. The van der Waals surface area contributed by atoms with Crippen LogP contribution >= 0.6 is 0 Å². The Morgan fingerprint density at radius 1 is 1.29 bits per heavy atom. The van der Waals surface area contributed by atoms with Crippen LogP contribution in [0.15, 0.2) is 28.8 Å². The first-order valence-corrected chi connectivity index (χ1v) is 5.94. The summed E-state index contributed by atoms with van der Waals surface area (Å²) in [5, 5.41) is 7.66. The molecular weight excluding hydrogens is 214 g/mol. The number of aryl methyl sites for hydroxylation is 1. The van der Waals surface area contributed by atoms with Crippen molar-refractivity contribution in [2.75, 3.05) is 0 Å². The van der Waals surface area contributed by atoms with Gasteiger partial charge < -0.3 is 9.73 Å². The summed E-state index contributed by atoms with van der Waals surface area (Å²) in [7, 11) is 0. The maximum atomic E-state index is 5.72. The lowest BCUT2D eigenvalue weighted by molar-refractivity contribution is 0.421. The predicted octanol–water partition coefficient (Wildman–Crippen LogP) is 2.33. The van der Waals surface area contributed by atoms with E-state index in [0.717, 1.165) is 23.8 Å². The van der Waals surface area contributed by atoms with Gasteiger partial charge in [0.1, 0.15) is 11.5 Å². The van der Waals surface area contributed by atoms with E-state index in [1.54, 1.807) is 0 Å². The van der Waals surface area contributed by atoms with Gasteiger partial charge in [-0.1, -0.05) is 13.8 Å². The highest BCUT2D eigenvalue weighted by Crippen LogP contribution is 2.09. The molecule has 0 aliphatic heterocycles. The van der Waals surface area contributed by atoms with Gasteiger partial charge in [-0.05, 0) is 25.1 Å². The number of aromatic nitrogens is 2. The molecular formula is C13H19N3O. The van der Waals surface area contributed by atoms with E-state index in [9.17, 15) is 0 Å². The molecule has 1 N–H and O–H groups in total. The minimum atomic E-state index is 0.470. The quantitative estimate of drug-likeness (QED) is 0.862. The van der Waals surface area contributed by atoms with E-state index in [-0.39, 0.29) is 0 Å². The van der Waals surface area contributed by atoms with Gasteiger partial charge in [0, 0.05) is 12.2 Å². The standard InChI is InChI=1S/C13H19N3O/c1-10(2)14-8-12-4-5-13(17-12)9-16-7-6-11(3)15-16/h4-7,10,14H,8-9H2,1-3H3. The molecule has 4 nitrogen and oxygen atoms in total. The molecule has 0 aliphatic rings. The van der Waals surface area contributed by atoms with Gasteiger partial charge in [-0.15, -0.1) is 0 Å². The van der Waals surface area contributed by atoms with E-state index >= 15 is 0 Å². The Balaban J connectivity index is 1.94. The van der Waals surface area contributed by atoms with E-state index in [2.05, 4.69) is 24.3 Å². The highest BCUT2D eigenvalue weighted by atomic mass is 16.3. The van der Waals surface area contributed by atoms with Crippen molar-refractivity contribution >= 4 is 0 Å². The highest BCUT2D eigenvalue weighted by Gasteiger charge is 2.04. The van der Waals surface area contributed by atoms with Crippen molar-refractivity contribution in [3.05, 3.63) is 41.6 Å². The van der Waals surface area contributed by atoms with E-state index in [1.807, 2.05) is 36.0 Å². The molecule has 0 spiro atoms.